The molecule has 0 unspecified atom stereocenters. The van der Waals surface area contributed by atoms with Crippen molar-refractivity contribution in [1.29, 1.82) is 0 Å². The van der Waals surface area contributed by atoms with Gasteiger partial charge in [-0.2, -0.15) is 0 Å². The summed E-state index contributed by atoms with van der Waals surface area (Å²) in [4.78, 5) is 20.2. The van der Waals surface area contributed by atoms with Crippen LogP contribution in [0.4, 0.5) is 0 Å². The van der Waals surface area contributed by atoms with E-state index in [-0.39, 0.29) is 5.56 Å². The first-order chi connectivity index (χ1) is 11.1. The Bertz CT molecular complexity index is 1110. The van der Waals surface area contributed by atoms with Crippen LogP contribution < -0.4 is 5.56 Å². The van der Waals surface area contributed by atoms with Crippen LogP contribution in [-0.4, -0.2) is 9.97 Å². The Morgan fingerprint density at radius 2 is 1.61 bits per heavy atom. The summed E-state index contributed by atoms with van der Waals surface area (Å²) in [6, 6.07) is 18.2. The predicted octanol–water partition coefficient (Wildman–Crippen LogP) is 4.36. The van der Waals surface area contributed by atoms with Gasteiger partial charge in [0.2, 0.25) is 0 Å². The average molecular weight is 300 g/mol. The fraction of sp³-hybridized carbons (Fsp3) is 0.100. The first-order valence-corrected chi connectivity index (χ1v) is 7.63. The third-order valence-electron chi connectivity index (χ3n) is 4.29. The molecule has 3 aromatic carbocycles. The Hall–Kier alpha value is -2.94. The van der Waals surface area contributed by atoms with Crippen molar-refractivity contribution < 1.29 is 0 Å². The molecule has 0 atom stereocenters. The van der Waals surface area contributed by atoms with Crippen LogP contribution in [0.3, 0.4) is 0 Å². The van der Waals surface area contributed by atoms with E-state index in [0.29, 0.717) is 5.69 Å². The fourth-order valence-corrected chi connectivity index (χ4v) is 2.97. The minimum absolute atomic E-state index is 0.151. The highest BCUT2D eigenvalue weighted by molar-refractivity contribution is 5.88. The molecule has 0 radical (unpaired) electrons. The molecular weight excluding hydrogens is 284 g/mol. The minimum atomic E-state index is -0.151. The molecule has 0 amide bonds. The zero-order valence-electron chi connectivity index (χ0n) is 13.1. The van der Waals surface area contributed by atoms with Crippen molar-refractivity contribution in [2.75, 3.05) is 0 Å². The number of H-pyrrole nitrogens is 1. The molecule has 0 saturated carbocycles. The fourth-order valence-electron chi connectivity index (χ4n) is 2.97. The largest absolute Gasteiger partial charge is 0.318 e. The molecule has 112 valence electrons. The lowest BCUT2D eigenvalue weighted by Gasteiger charge is -2.08. The molecule has 1 N–H and O–H groups in total. The number of benzene rings is 3. The Morgan fingerprint density at radius 3 is 2.43 bits per heavy atom. The molecule has 4 rings (SSSR count). The maximum Gasteiger partial charge on any atom is 0.274 e. The smallest absolute Gasteiger partial charge is 0.274 e. The van der Waals surface area contributed by atoms with Gasteiger partial charge in [0, 0.05) is 5.56 Å². The van der Waals surface area contributed by atoms with Gasteiger partial charge in [-0.3, -0.25) is 4.79 Å². The van der Waals surface area contributed by atoms with Crippen molar-refractivity contribution in [1.82, 2.24) is 9.97 Å². The number of hydrogen-bond acceptors (Lipinski definition) is 2. The van der Waals surface area contributed by atoms with Crippen LogP contribution >= 0.6 is 0 Å². The summed E-state index contributed by atoms with van der Waals surface area (Å²) in [7, 11) is 0. The maximum absolute atomic E-state index is 12.5. The van der Waals surface area contributed by atoms with Crippen LogP contribution in [-0.2, 0) is 0 Å². The van der Waals surface area contributed by atoms with Gasteiger partial charge in [0.05, 0.1) is 11.0 Å². The van der Waals surface area contributed by atoms with Crippen molar-refractivity contribution >= 4 is 21.8 Å². The van der Waals surface area contributed by atoms with E-state index in [4.69, 9.17) is 0 Å². The van der Waals surface area contributed by atoms with E-state index in [1.54, 1.807) is 0 Å². The second kappa shape index (κ2) is 5.06. The Kier molecular flexibility index (Phi) is 3.01. The van der Waals surface area contributed by atoms with E-state index in [1.165, 1.54) is 0 Å². The predicted molar refractivity (Wildman–Crippen MR) is 94.8 cm³/mol. The number of nitrogens with zero attached hydrogens (tertiary/aromatic N) is 1. The molecule has 0 aliphatic rings. The first-order valence-electron chi connectivity index (χ1n) is 7.63. The summed E-state index contributed by atoms with van der Waals surface area (Å²) in [5, 5.41) is 2.26. The van der Waals surface area contributed by atoms with E-state index >= 15 is 0 Å². The molecule has 1 aromatic heterocycles. The lowest BCUT2D eigenvalue weighted by molar-refractivity contribution is 1.20. The molecule has 3 heteroatoms. The van der Waals surface area contributed by atoms with Gasteiger partial charge in [-0.15, -0.1) is 0 Å². The molecule has 0 spiro atoms. The molecule has 0 aliphatic carbocycles. The van der Waals surface area contributed by atoms with E-state index in [0.717, 1.165) is 38.5 Å². The second-order valence-corrected chi connectivity index (χ2v) is 5.90. The summed E-state index contributed by atoms with van der Waals surface area (Å²) < 4.78 is 0. The van der Waals surface area contributed by atoms with Crippen LogP contribution in [0.2, 0.25) is 0 Å². The van der Waals surface area contributed by atoms with Crippen LogP contribution in [0.25, 0.3) is 33.1 Å². The third-order valence-corrected chi connectivity index (χ3v) is 4.29. The van der Waals surface area contributed by atoms with Crippen molar-refractivity contribution in [3.63, 3.8) is 0 Å². The first kappa shape index (κ1) is 13.7. The molecular formula is C20H16N2O. The van der Waals surface area contributed by atoms with Gasteiger partial charge in [0.25, 0.3) is 5.56 Å². The molecule has 0 fully saturated rings. The highest BCUT2D eigenvalue weighted by Gasteiger charge is 2.11. The zero-order chi connectivity index (χ0) is 16.0. The lowest BCUT2D eigenvalue weighted by Crippen LogP contribution is -2.12. The van der Waals surface area contributed by atoms with E-state index < -0.39 is 0 Å². The second-order valence-electron chi connectivity index (χ2n) is 5.90. The number of fused-ring (bicyclic) bond motifs is 2. The van der Waals surface area contributed by atoms with E-state index in [9.17, 15) is 4.79 Å². The third kappa shape index (κ3) is 2.21. The number of aromatic amines is 1. The normalized spacial score (nSPS) is 11.2. The number of rotatable bonds is 1. The number of nitrogens with one attached hydrogen (secondary N) is 1. The minimum Gasteiger partial charge on any atom is -0.318 e. The van der Waals surface area contributed by atoms with Crippen molar-refractivity contribution in [3.05, 3.63) is 76.1 Å². The highest BCUT2D eigenvalue weighted by Crippen LogP contribution is 2.24. The Labute approximate surface area is 133 Å². The highest BCUT2D eigenvalue weighted by atomic mass is 16.1. The Morgan fingerprint density at radius 1 is 0.870 bits per heavy atom. The molecule has 4 aromatic rings. The van der Waals surface area contributed by atoms with E-state index in [2.05, 4.69) is 16.0 Å². The molecule has 0 saturated heterocycles. The standard InChI is InChI=1S/C20H16N2O/c1-12-7-8-13(2)18-17(12)21-19(20(23)22-18)16-10-9-14-5-3-4-6-15(14)11-16/h3-11H,1-2H3,(H,22,23). The summed E-state index contributed by atoms with van der Waals surface area (Å²) >= 11 is 0. The van der Waals surface area contributed by atoms with Gasteiger partial charge in [-0.1, -0.05) is 48.5 Å². The van der Waals surface area contributed by atoms with Crippen LogP contribution in [0.15, 0.2) is 59.4 Å². The monoisotopic (exact) mass is 300 g/mol. The Balaban J connectivity index is 2.02. The van der Waals surface area contributed by atoms with Crippen molar-refractivity contribution in [2.45, 2.75) is 13.8 Å². The number of hydrogen-bond donors (Lipinski definition) is 1. The quantitative estimate of drug-likeness (QED) is 0.567. The van der Waals surface area contributed by atoms with Crippen LogP contribution in [0.1, 0.15) is 11.1 Å². The van der Waals surface area contributed by atoms with Gasteiger partial charge in [-0.25, -0.2) is 4.98 Å². The van der Waals surface area contributed by atoms with Gasteiger partial charge < -0.3 is 4.98 Å². The topological polar surface area (TPSA) is 45.8 Å². The summed E-state index contributed by atoms with van der Waals surface area (Å²) in [6.45, 7) is 3.99. The van der Waals surface area contributed by atoms with Crippen molar-refractivity contribution in [2.24, 2.45) is 0 Å². The molecule has 1 heterocycles. The zero-order valence-corrected chi connectivity index (χ0v) is 13.1. The summed E-state index contributed by atoms with van der Waals surface area (Å²) in [5.41, 5.74) is 4.92. The molecule has 23 heavy (non-hydrogen) atoms. The number of aromatic nitrogens is 2. The maximum atomic E-state index is 12.5. The van der Waals surface area contributed by atoms with E-state index in [1.807, 2.05) is 62.4 Å². The number of aryl methyl sites for hydroxylation is 2. The summed E-state index contributed by atoms with van der Waals surface area (Å²) in [5.74, 6) is 0. The SMILES string of the molecule is Cc1ccc(C)c2[nH]c(=O)c(-c3ccc4ccccc4c3)nc12. The van der Waals surface area contributed by atoms with Gasteiger partial charge in [0.1, 0.15) is 5.69 Å². The average Bonchev–Trinajstić information content (AvgIpc) is 2.57. The van der Waals surface area contributed by atoms with Gasteiger partial charge in [0.15, 0.2) is 0 Å². The molecule has 3 nitrogen and oxygen atoms in total. The van der Waals surface area contributed by atoms with Crippen LogP contribution in [0, 0.1) is 13.8 Å². The van der Waals surface area contributed by atoms with Gasteiger partial charge >= 0.3 is 0 Å². The lowest BCUT2D eigenvalue weighted by atomic mass is 10.0. The van der Waals surface area contributed by atoms with Crippen LogP contribution in [0.5, 0.6) is 0 Å². The molecule has 0 bridgehead atoms. The van der Waals surface area contributed by atoms with Gasteiger partial charge in [-0.05, 0) is 41.8 Å². The molecule has 0 aliphatic heterocycles. The van der Waals surface area contributed by atoms with Crippen molar-refractivity contribution in [3.8, 4) is 11.3 Å². The summed E-state index contributed by atoms with van der Waals surface area (Å²) in [6.07, 6.45) is 0.